The fraction of sp³-hybridized carbons (Fsp3) is 0.333. The maximum Gasteiger partial charge on any atom is 0.340 e. The monoisotopic (exact) mass is 488 g/mol. The van der Waals surface area contributed by atoms with Crippen LogP contribution in [0.25, 0.3) is 0 Å². The predicted octanol–water partition coefficient (Wildman–Crippen LogP) is 5.30. The Hall–Kier alpha value is -1.50. The third-order valence-electron chi connectivity index (χ3n) is 4.84. The van der Waals surface area contributed by atoms with Crippen molar-refractivity contribution in [3.8, 4) is 0 Å². The molecule has 0 aliphatic carbocycles. The van der Waals surface area contributed by atoms with Crippen molar-refractivity contribution in [1.29, 1.82) is 0 Å². The van der Waals surface area contributed by atoms with Gasteiger partial charge in [0.05, 0.1) is 31.2 Å². The van der Waals surface area contributed by atoms with Gasteiger partial charge in [-0.15, -0.1) is 0 Å². The summed E-state index contributed by atoms with van der Waals surface area (Å²) in [7, 11) is 0. The van der Waals surface area contributed by atoms with Gasteiger partial charge < -0.3 is 9.64 Å². The fourth-order valence-corrected chi connectivity index (χ4v) is 4.04. The number of nitrogens with zero attached hydrogens (tertiary/aromatic N) is 2. The highest BCUT2D eigenvalue weighted by Crippen LogP contribution is 2.27. The number of piperazine rings is 1. The van der Waals surface area contributed by atoms with E-state index in [0.29, 0.717) is 48.3 Å². The van der Waals surface area contributed by atoms with Crippen LogP contribution in [0.15, 0.2) is 36.4 Å². The Bertz CT molecular complexity index is 946. The van der Waals surface area contributed by atoms with Crippen LogP contribution in [0.3, 0.4) is 0 Å². The van der Waals surface area contributed by atoms with Crippen LogP contribution in [0, 0.1) is 0 Å². The topological polar surface area (TPSA) is 49.9 Å². The van der Waals surface area contributed by atoms with Crippen LogP contribution in [0.5, 0.6) is 0 Å². The van der Waals surface area contributed by atoms with Crippen LogP contribution >= 0.6 is 46.4 Å². The van der Waals surface area contributed by atoms with Crippen LogP contribution in [0.1, 0.15) is 27.6 Å². The van der Waals surface area contributed by atoms with Gasteiger partial charge in [-0.1, -0.05) is 58.5 Å². The molecule has 0 bridgehead atoms. The maximum absolute atomic E-state index is 12.7. The SMILES string of the molecule is C[C@H](CN1CCN(C(=O)c2cccc(Cl)c2Cl)CC1)OC(=O)c1cccc(Cl)c1Cl. The second-order valence-corrected chi connectivity index (χ2v) is 8.58. The Morgan fingerprint density at radius 3 is 2.03 bits per heavy atom. The highest BCUT2D eigenvalue weighted by molar-refractivity contribution is 6.44. The summed E-state index contributed by atoms with van der Waals surface area (Å²) >= 11 is 24.2. The average Bonchev–Trinajstić information content (AvgIpc) is 2.72. The molecule has 30 heavy (non-hydrogen) atoms. The van der Waals surface area contributed by atoms with E-state index in [0.717, 1.165) is 0 Å². The van der Waals surface area contributed by atoms with Gasteiger partial charge in [-0.3, -0.25) is 9.69 Å². The highest BCUT2D eigenvalue weighted by atomic mass is 35.5. The minimum Gasteiger partial charge on any atom is -0.458 e. The summed E-state index contributed by atoms with van der Waals surface area (Å²) in [6, 6.07) is 9.87. The lowest BCUT2D eigenvalue weighted by Crippen LogP contribution is -2.50. The minimum atomic E-state index is -0.514. The first kappa shape index (κ1) is 23.2. The second kappa shape index (κ2) is 10.2. The standard InChI is InChI=1S/C21H20Cl4N2O3/c1-13(30-21(29)15-5-3-7-17(23)19(15)25)12-26-8-10-27(11-9-26)20(28)14-4-2-6-16(22)18(14)24/h2-7,13H,8-12H2,1H3/t13-/m1/s1. The van der Waals surface area contributed by atoms with E-state index in [1.807, 2.05) is 6.92 Å². The van der Waals surface area contributed by atoms with Crippen LogP contribution < -0.4 is 0 Å². The Morgan fingerprint density at radius 2 is 1.43 bits per heavy atom. The van der Waals surface area contributed by atoms with Crippen LogP contribution in [0.2, 0.25) is 20.1 Å². The minimum absolute atomic E-state index is 0.141. The Balaban J connectivity index is 1.52. The number of carbonyl (C=O) groups is 2. The van der Waals surface area contributed by atoms with E-state index in [4.69, 9.17) is 51.1 Å². The summed E-state index contributed by atoms with van der Waals surface area (Å²) in [6.45, 7) is 4.77. The largest absolute Gasteiger partial charge is 0.458 e. The smallest absolute Gasteiger partial charge is 0.340 e. The molecule has 1 atom stereocenters. The van der Waals surface area contributed by atoms with E-state index < -0.39 is 5.97 Å². The first-order valence-corrected chi connectivity index (χ1v) is 10.9. The van der Waals surface area contributed by atoms with Crippen molar-refractivity contribution < 1.29 is 14.3 Å². The van der Waals surface area contributed by atoms with Gasteiger partial charge in [0.2, 0.25) is 0 Å². The Morgan fingerprint density at radius 1 is 0.900 bits per heavy atom. The van der Waals surface area contributed by atoms with E-state index in [1.54, 1.807) is 41.3 Å². The third-order valence-corrected chi connectivity index (χ3v) is 6.47. The summed E-state index contributed by atoms with van der Waals surface area (Å²) in [5.74, 6) is -0.656. The molecule has 1 fully saturated rings. The number of rotatable bonds is 5. The van der Waals surface area contributed by atoms with Crippen LogP contribution in [0.4, 0.5) is 0 Å². The van der Waals surface area contributed by atoms with Gasteiger partial charge in [0, 0.05) is 32.7 Å². The molecule has 2 aromatic rings. The molecule has 1 aliphatic heterocycles. The molecule has 0 N–H and O–H groups in total. The quantitative estimate of drug-likeness (QED) is 0.534. The summed E-state index contributed by atoms with van der Waals surface area (Å²) in [5, 5.41) is 1.12. The van der Waals surface area contributed by atoms with E-state index in [9.17, 15) is 9.59 Å². The molecule has 1 aliphatic rings. The molecule has 160 valence electrons. The number of carbonyl (C=O) groups excluding carboxylic acids is 2. The van der Waals surface area contributed by atoms with Crippen molar-refractivity contribution in [3.05, 3.63) is 67.6 Å². The zero-order chi connectivity index (χ0) is 21.8. The van der Waals surface area contributed by atoms with Crippen molar-refractivity contribution in [2.24, 2.45) is 0 Å². The van der Waals surface area contributed by atoms with Crippen molar-refractivity contribution in [1.82, 2.24) is 9.80 Å². The molecular formula is C21H20Cl4N2O3. The molecule has 0 saturated carbocycles. The molecule has 1 amide bonds. The van der Waals surface area contributed by atoms with Gasteiger partial charge in [0.25, 0.3) is 5.91 Å². The third kappa shape index (κ3) is 5.40. The summed E-state index contributed by atoms with van der Waals surface area (Å²) < 4.78 is 5.51. The number of halogens is 4. The summed E-state index contributed by atoms with van der Waals surface area (Å²) in [6.07, 6.45) is -0.350. The van der Waals surface area contributed by atoms with Crippen molar-refractivity contribution >= 4 is 58.3 Å². The Labute approximate surface area is 195 Å². The average molecular weight is 490 g/mol. The number of hydrogen-bond acceptors (Lipinski definition) is 4. The number of hydrogen-bond donors (Lipinski definition) is 0. The first-order chi connectivity index (χ1) is 14.3. The van der Waals surface area contributed by atoms with Crippen LogP contribution in [-0.4, -0.2) is 60.5 Å². The highest BCUT2D eigenvalue weighted by Gasteiger charge is 2.26. The number of benzene rings is 2. The lowest BCUT2D eigenvalue weighted by molar-refractivity contribution is 0.0197. The van der Waals surface area contributed by atoms with E-state index in [-0.39, 0.29) is 27.6 Å². The zero-order valence-electron chi connectivity index (χ0n) is 16.2. The molecule has 3 rings (SSSR count). The van der Waals surface area contributed by atoms with Crippen molar-refractivity contribution in [2.75, 3.05) is 32.7 Å². The van der Waals surface area contributed by atoms with E-state index >= 15 is 0 Å². The summed E-state index contributed by atoms with van der Waals surface area (Å²) in [5.41, 5.74) is 0.642. The number of esters is 1. The van der Waals surface area contributed by atoms with Crippen LogP contribution in [-0.2, 0) is 4.74 Å². The Kier molecular flexibility index (Phi) is 7.88. The lowest BCUT2D eigenvalue weighted by atomic mass is 10.1. The predicted molar refractivity (Wildman–Crippen MR) is 120 cm³/mol. The molecule has 0 radical (unpaired) electrons. The molecule has 0 spiro atoms. The molecule has 9 heteroatoms. The molecular weight excluding hydrogens is 470 g/mol. The number of ether oxygens (including phenoxy) is 1. The summed E-state index contributed by atoms with van der Waals surface area (Å²) in [4.78, 5) is 29.0. The first-order valence-electron chi connectivity index (χ1n) is 9.38. The van der Waals surface area contributed by atoms with Crippen molar-refractivity contribution in [2.45, 2.75) is 13.0 Å². The molecule has 5 nitrogen and oxygen atoms in total. The fourth-order valence-electron chi connectivity index (χ4n) is 3.28. The van der Waals surface area contributed by atoms with Gasteiger partial charge in [0.15, 0.2) is 0 Å². The van der Waals surface area contributed by atoms with E-state index in [1.165, 1.54) is 0 Å². The molecule has 1 heterocycles. The maximum atomic E-state index is 12.7. The van der Waals surface area contributed by atoms with E-state index in [2.05, 4.69) is 4.90 Å². The van der Waals surface area contributed by atoms with Gasteiger partial charge >= 0.3 is 5.97 Å². The lowest BCUT2D eigenvalue weighted by Gasteiger charge is -2.36. The molecule has 1 saturated heterocycles. The normalized spacial score (nSPS) is 15.7. The molecule has 2 aromatic carbocycles. The van der Waals surface area contributed by atoms with Gasteiger partial charge in [-0.05, 0) is 31.2 Å². The zero-order valence-corrected chi connectivity index (χ0v) is 19.2. The molecule has 0 aromatic heterocycles. The van der Waals surface area contributed by atoms with Gasteiger partial charge in [-0.25, -0.2) is 4.79 Å². The van der Waals surface area contributed by atoms with Gasteiger partial charge in [-0.2, -0.15) is 0 Å². The van der Waals surface area contributed by atoms with Gasteiger partial charge in [0.1, 0.15) is 6.10 Å². The second-order valence-electron chi connectivity index (χ2n) is 7.01. The van der Waals surface area contributed by atoms with Crippen molar-refractivity contribution in [3.63, 3.8) is 0 Å². The molecule has 0 unspecified atom stereocenters. The number of amides is 1.